The minimum atomic E-state index is -0.833. The molecule has 0 saturated carbocycles. The van der Waals surface area contributed by atoms with Crippen LogP contribution in [0.15, 0.2) is 30.3 Å². The zero-order valence-electron chi connectivity index (χ0n) is 12.1. The van der Waals surface area contributed by atoms with Gasteiger partial charge in [-0.1, -0.05) is 6.07 Å². The highest BCUT2D eigenvalue weighted by Gasteiger charge is 2.20. The number of aromatic nitrogens is 1. The number of aryl methyl sites for hydroxylation is 1. The van der Waals surface area contributed by atoms with Gasteiger partial charge in [0, 0.05) is 29.9 Å². The lowest BCUT2D eigenvalue weighted by Gasteiger charge is -2.15. The smallest absolute Gasteiger partial charge is 0.222 e. The van der Waals surface area contributed by atoms with Crippen molar-refractivity contribution in [3.63, 3.8) is 0 Å². The lowest BCUT2D eigenvalue weighted by molar-refractivity contribution is -0.107. The molecule has 2 rings (SSSR count). The molecule has 0 unspecified atom stereocenters. The van der Waals surface area contributed by atoms with E-state index in [0.29, 0.717) is 18.8 Å². The highest BCUT2D eigenvalue weighted by molar-refractivity contribution is 6.01. The van der Waals surface area contributed by atoms with Gasteiger partial charge in [-0.25, -0.2) is 0 Å². The van der Waals surface area contributed by atoms with E-state index in [0.717, 1.165) is 16.6 Å². The number of pyridine rings is 1. The summed E-state index contributed by atoms with van der Waals surface area (Å²) < 4.78 is 10.7. The summed E-state index contributed by atoms with van der Waals surface area (Å²) in [6, 6.07) is 9.34. The zero-order chi connectivity index (χ0) is 14.5. The minimum absolute atomic E-state index is 0.156. The Morgan fingerprint density at radius 1 is 1.15 bits per heavy atom. The maximum atomic E-state index is 12.4. The van der Waals surface area contributed by atoms with Gasteiger partial charge in [0.05, 0.1) is 5.52 Å². The molecule has 106 valence electrons. The topological polar surface area (TPSA) is 48.4 Å². The standard InChI is InChI=1S/C16H19NO3/c1-4-19-16(20-5-2)15(18)13-8-9-14-12(10-13)7-6-11(3)17-14/h6-10,16H,4-5H2,1-3H3. The highest BCUT2D eigenvalue weighted by atomic mass is 16.7. The molecule has 0 aliphatic heterocycles. The van der Waals surface area contributed by atoms with Crippen LogP contribution >= 0.6 is 0 Å². The number of nitrogens with zero attached hydrogens (tertiary/aromatic N) is 1. The van der Waals surface area contributed by atoms with Crippen LogP contribution in [-0.4, -0.2) is 30.3 Å². The summed E-state index contributed by atoms with van der Waals surface area (Å²) in [6.45, 7) is 6.49. The second-order valence-electron chi connectivity index (χ2n) is 4.47. The van der Waals surface area contributed by atoms with Crippen LogP contribution < -0.4 is 0 Å². The third-order valence-corrected chi connectivity index (χ3v) is 2.96. The van der Waals surface area contributed by atoms with Gasteiger partial charge in [0.15, 0.2) is 0 Å². The molecule has 0 aliphatic carbocycles. The second kappa shape index (κ2) is 6.59. The molecule has 0 aliphatic rings. The number of Topliss-reactive ketones (excluding diaryl/α,β-unsaturated/α-hetero) is 1. The third-order valence-electron chi connectivity index (χ3n) is 2.96. The first kappa shape index (κ1) is 14.6. The first-order valence-corrected chi connectivity index (χ1v) is 6.80. The van der Waals surface area contributed by atoms with Crippen LogP contribution in [0.5, 0.6) is 0 Å². The molecule has 20 heavy (non-hydrogen) atoms. The van der Waals surface area contributed by atoms with Gasteiger partial charge >= 0.3 is 0 Å². The Bertz CT molecular complexity index is 604. The van der Waals surface area contributed by atoms with Gasteiger partial charge in [-0.3, -0.25) is 9.78 Å². The van der Waals surface area contributed by atoms with E-state index < -0.39 is 6.29 Å². The number of ether oxygens (including phenoxy) is 2. The molecule has 0 fully saturated rings. The molecule has 0 spiro atoms. The number of carbonyl (C=O) groups excluding carboxylic acids is 1. The van der Waals surface area contributed by atoms with Crippen molar-refractivity contribution in [2.45, 2.75) is 27.1 Å². The fourth-order valence-corrected chi connectivity index (χ4v) is 2.02. The number of hydrogen-bond acceptors (Lipinski definition) is 4. The summed E-state index contributed by atoms with van der Waals surface area (Å²) >= 11 is 0. The SMILES string of the molecule is CCOC(OCC)C(=O)c1ccc2nc(C)ccc2c1. The van der Waals surface area contributed by atoms with Crippen LogP contribution in [0.1, 0.15) is 29.9 Å². The summed E-state index contributed by atoms with van der Waals surface area (Å²) in [5.74, 6) is -0.156. The average molecular weight is 273 g/mol. The molecular formula is C16H19NO3. The molecule has 4 heteroatoms. The molecule has 0 atom stereocenters. The molecule has 0 saturated heterocycles. The van der Waals surface area contributed by atoms with Crippen molar-refractivity contribution in [2.75, 3.05) is 13.2 Å². The van der Waals surface area contributed by atoms with Gasteiger partial charge in [-0.05, 0) is 45.0 Å². The number of benzene rings is 1. The minimum Gasteiger partial charge on any atom is -0.346 e. The van der Waals surface area contributed by atoms with Crippen LogP contribution in [0, 0.1) is 6.92 Å². The van der Waals surface area contributed by atoms with Crippen molar-refractivity contribution in [3.8, 4) is 0 Å². The highest BCUT2D eigenvalue weighted by Crippen LogP contribution is 2.17. The van der Waals surface area contributed by atoms with Crippen LogP contribution in [0.4, 0.5) is 0 Å². The van der Waals surface area contributed by atoms with Crippen molar-refractivity contribution in [1.82, 2.24) is 4.98 Å². The van der Waals surface area contributed by atoms with Crippen LogP contribution in [-0.2, 0) is 9.47 Å². The fourth-order valence-electron chi connectivity index (χ4n) is 2.02. The molecule has 0 radical (unpaired) electrons. The Hall–Kier alpha value is -1.78. The summed E-state index contributed by atoms with van der Waals surface area (Å²) in [6.07, 6.45) is -0.833. The van der Waals surface area contributed by atoms with Gasteiger partial charge in [-0.15, -0.1) is 0 Å². The first-order chi connectivity index (χ1) is 9.65. The van der Waals surface area contributed by atoms with Crippen LogP contribution in [0.3, 0.4) is 0 Å². The number of carbonyl (C=O) groups is 1. The maximum absolute atomic E-state index is 12.4. The van der Waals surface area contributed by atoms with E-state index in [1.165, 1.54) is 0 Å². The van der Waals surface area contributed by atoms with Crippen molar-refractivity contribution in [2.24, 2.45) is 0 Å². The number of hydrogen-bond donors (Lipinski definition) is 0. The van der Waals surface area contributed by atoms with Gasteiger partial charge in [0.1, 0.15) is 0 Å². The summed E-state index contributed by atoms with van der Waals surface area (Å²) in [5, 5.41) is 0.938. The van der Waals surface area contributed by atoms with Crippen molar-refractivity contribution in [1.29, 1.82) is 0 Å². The Morgan fingerprint density at radius 3 is 2.50 bits per heavy atom. The Balaban J connectivity index is 2.31. The molecule has 1 heterocycles. The average Bonchev–Trinajstić information content (AvgIpc) is 2.45. The van der Waals surface area contributed by atoms with Gasteiger partial charge in [-0.2, -0.15) is 0 Å². The number of fused-ring (bicyclic) bond motifs is 1. The summed E-state index contributed by atoms with van der Waals surface area (Å²) in [7, 11) is 0. The van der Waals surface area contributed by atoms with Gasteiger partial charge < -0.3 is 9.47 Å². The summed E-state index contributed by atoms with van der Waals surface area (Å²) in [5.41, 5.74) is 2.42. The predicted octanol–water partition coefficient (Wildman–Crippen LogP) is 3.13. The lowest BCUT2D eigenvalue weighted by atomic mass is 10.1. The summed E-state index contributed by atoms with van der Waals surface area (Å²) in [4.78, 5) is 16.8. The van der Waals surface area contributed by atoms with E-state index in [9.17, 15) is 4.79 Å². The van der Waals surface area contributed by atoms with E-state index in [-0.39, 0.29) is 5.78 Å². The Kier molecular flexibility index (Phi) is 4.82. The Labute approximate surface area is 118 Å². The zero-order valence-corrected chi connectivity index (χ0v) is 12.1. The molecule has 0 N–H and O–H groups in total. The van der Waals surface area contributed by atoms with E-state index >= 15 is 0 Å². The molecule has 2 aromatic rings. The Morgan fingerprint density at radius 2 is 1.85 bits per heavy atom. The molecule has 4 nitrogen and oxygen atoms in total. The molecule has 0 bridgehead atoms. The number of ketones is 1. The lowest BCUT2D eigenvalue weighted by Crippen LogP contribution is -2.27. The van der Waals surface area contributed by atoms with Gasteiger partial charge in [0.2, 0.25) is 12.1 Å². The molecule has 1 aromatic heterocycles. The third kappa shape index (κ3) is 3.21. The fraction of sp³-hybridized carbons (Fsp3) is 0.375. The van der Waals surface area contributed by atoms with Crippen molar-refractivity contribution < 1.29 is 14.3 Å². The molecule has 1 aromatic carbocycles. The van der Waals surface area contributed by atoms with E-state index in [2.05, 4.69) is 4.98 Å². The van der Waals surface area contributed by atoms with E-state index in [1.54, 1.807) is 6.07 Å². The molecule has 0 amide bonds. The quantitative estimate of drug-likeness (QED) is 0.599. The number of rotatable bonds is 6. The first-order valence-electron chi connectivity index (χ1n) is 6.80. The van der Waals surface area contributed by atoms with Gasteiger partial charge in [0.25, 0.3) is 0 Å². The normalized spacial score (nSPS) is 11.2. The van der Waals surface area contributed by atoms with Crippen LogP contribution in [0.25, 0.3) is 10.9 Å². The monoisotopic (exact) mass is 273 g/mol. The van der Waals surface area contributed by atoms with Crippen LogP contribution in [0.2, 0.25) is 0 Å². The van der Waals surface area contributed by atoms with E-state index in [1.807, 2.05) is 45.0 Å². The second-order valence-corrected chi connectivity index (χ2v) is 4.47. The maximum Gasteiger partial charge on any atom is 0.222 e. The largest absolute Gasteiger partial charge is 0.346 e. The molecular weight excluding hydrogens is 254 g/mol. The van der Waals surface area contributed by atoms with Crippen molar-refractivity contribution in [3.05, 3.63) is 41.6 Å². The van der Waals surface area contributed by atoms with E-state index in [4.69, 9.17) is 9.47 Å². The van der Waals surface area contributed by atoms with Crippen molar-refractivity contribution >= 4 is 16.7 Å². The predicted molar refractivity (Wildman–Crippen MR) is 77.9 cm³/mol.